The predicted molar refractivity (Wildman–Crippen MR) is 104 cm³/mol. The first-order chi connectivity index (χ1) is 11.9. The molecule has 1 heterocycles. The van der Waals surface area contributed by atoms with Crippen molar-refractivity contribution in [3.63, 3.8) is 0 Å². The number of hydrogen-bond donors (Lipinski definition) is 4. The summed E-state index contributed by atoms with van der Waals surface area (Å²) in [7, 11) is 0. The Balaban J connectivity index is 2.08. The summed E-state index contributed by atoms with van der Waals surface area (Å²) in [6.45, 7) is 3.59. The quantitative estimate of drug-likeness (QED) is 0.583. The smallest absolute Gasteiger partial charge is 0.0631 e. The lowest BCUT2D eigenvalue weighted by Crippen LogP contribution is -2.21. The molecule has 0 fully saturated rings. The molecule has 25 heavy (non-hydrogen) atoms. The van der Waals surface area contributed by atoms with Gasteiger partial charge in [-0.15, -0.1) is 0 Å². The summed E-state index contributed by atoms with van der Waals surface area (Å²) in [5.41, 5.74) is 9.25. The average molecular weight is 336 g/mol. The summed E-state index contributed by atoms with van der Waals surface area (Å²) in [5.74, 6) is 0. The van der Waals surface area contributed by atoms with E-state index >= 15 is 0 Å². The summed E-state index contributed by atoms with van der Waals surface area (Å²) < 4.78 is 0. The molecule has 0 aliphatic carbocycles. The second kappa shape index (κ2) is 8.26. The predicted octanol–water partition coefficient (Wildman–Crippen LogP) is 3.43. The molecule has 0 bridgehead atoms. The fourth-order valence-corrected chi connectivity index (χ4v) is 2.46. The topological polar surface area (TPSA) is 95.0 Å². The van der Waals surface area contributed by atoms with Crippen molar-refractivity contribution >= 4 is 23.6 Å². The van der Waals surface area contributed by atoms with E-state index in [0.29, 0.717) is 12.0 Å². The van der Waals surface area contributed by atoms with Crippen LogP contribution in [0.25, 0.3) is 11.6 Å². The molecule has 0 aliphatic rings. The molecule has 5 nitrogen and oxygen atoms in total. The minimum Gasteiger partial charge on any atom is -0.404 e. The summed E-state index contributed by atoms with van der Waals surface area (Å²) in [5, 5.41) is 20.5. The Hall–Kier alpha value is -2.92. The van der Waals surface area contributed by atoms with E-state index in [4.69, 9.17) is 11.1 Å². The summed E-state index contributed by atoms with van der Waals surface area (Å²) in [6, 6.07) is 9.76. The molecule has 0 aliphatic heterocycles. The van der Waals surface area contributed by atoms with Crippen LogP contribution < -0.4 is 11.1 Å². The van der Waals surface area contributed by atoms with Gasteiger partial charge in [0, 0.05) is 54.3 Å². The molecule has 0 amide bonds. The van der Waals surface area contributed by atoms with Gasteiger partial charge in [-0.05, 0) is 49.2 Å². The number of anilines is 1. The number of benzene rings is 1. The number of pyridine rings is 1. The number of nitrogens with zero attached hydrogens (tertiary/aromatic N) is 1. The van der Waals surface area contributed by atoms with Gasteiger partial charge in [-0.1, -0.05) is 12.1 Å². The Morgan fingerprint density at radius 2 is 2.00 bits per heavy atom. The lowest BCUT2D eigenvalue weighted by atomic mass is 9.99. The van der Waals surface area contributed by atoms with Gasteiger partial charge in [0.25, 0.3) is 0 Å². The van der Waals surface area contributed by atoms with Gasteiger partial charge in [0.05, 0.1) is 5.60 Å². The normalized spacial score (nSPS) is 12.4. The molecule has 0 spiro atoms. The number of hydrogen-bond acceptors (Lipinski definition) is 5. The van der Waals surface area contributed by atoms with Crippen molar-refractivity contribution in [2.24, 2.45) is 5.73 Å². The van der Waals surface area contributed by atoms with Crippen LogP contribution in [0.2, 0.25) is 0 Å². The van der Waals surface area contributed by atoms with E-state index in [1.165, 1.54) is 12.4 Å². The Morgan fingerprint density at radius 1 is 1.28 bits per heavy atom. The first-order valence-electron chi connectivity index (χ1n) is 8.04. The van der Waals surface area contributed by atoms with Gasteiger partial charge in [-0.2, -0.15) is 0 Å². The molecule has 5 N–H and O–H groups in total. The average Bonchev–Trinajstić information content (AvgIpc) is 2.57. The molecular formula is C20H24N4O. The monoisotopic (exact) mass is 336 g/mol. The van der Waals surface area contributed by atoms with Gasteiger partial charge in [0.15, 0.2) is 0 Å². The highest BCUT2D eigenvalue weighted by Gasteiger charge is 2.12. The molecular weight excluding hydrogens is 312 g/mol. The molecule has 0 atom stereocenters. The number of nitrogens with two attached hydrogens (primary N) is 1. The van der Waals surface area contributed by atoms with Crippen molar-refractivity contribution in [3.05, 3.63) is 71.8 Å². The highest BCUT2D eigenvalue weighted by atomic mass is 16.3. The van der Waals surface area contributed by atoms with Crippen molar-refractivity contribution in [2.45, 2.75) is 25.9 Å². The number of aliphatic hydroxyl groups is 1. The van der Waals surface area contributed by atoms with Crippen LogP contribution in [0.4, 0.5) is 5.69 Å². The highest BCUT2D eigenvalue weighted by Crippen LogP contribution is 2.18. The number of nitrogens with one attached hydrogen (secondary N) is 2. The van der Waals surface area contributed by atoms with Gasteiger partial charge < -0.3 is 21.6 Å². The van der Waals surface area contributed by atoms with Crippen LogP contribution in [-0.4, -0.2) is 21.9 Å². The summed E-state index contributed by atoms with van der Waals surface area (Å²) in [4.78, 5) is 4.12. The van der Waals surface area contributed by atoms with E-state index in [-0.39, 0.29) is 0 Å². The van der Waals surface area contributed by atoms with Crippen LogP contribution in [0.5, 0.6) is 0 Å². The molecule has 0 saturated carbocycles. The molecule has 0 saturated heterocycles. The summed E-state index contributed by atoms with van der Waals surface area (Å²) >= 11 is 0. The molecule has 5 heteroatoms. The number of aromatic nitrogens is 1. The lowest BCUT2D eigenvalue weighted by Gasteiger charge is -2.17. The SMILES string of the molecule is CC(C)(O)Cc1ccc(N/C=C/c2cnccc2/C(C=N)=C/N)cc1. The maximum absolute atomic E-state index is 9.86. The van der Waals surface area contributed by atoms with Gasteiger partial charge in [0.1, 0.15) is 0 Å². The van der Waals surface area contributed by atoms with Crippen LogP contribution in [0.3, 0.4) is 0 Å². The van der Waals surface area contributed by atoms with Crippen molar-refractivity contribution in [3.8, 4) is 0 Å². The Kier molecular flexibility index (Phi) is 6.08. The second-order valence-electron chi connectivity index (χ2n) is 6.39. The Bertz CT molecular complexity index is 771. The van der Waals surface area contributed by atoms with E-state index in [0.717, 1.165) is 22.4 Å². The molecule has 2 rings (SSSR count). The van der Waals surface area contributed by atoms with Gasteiger partial charge in [0.2, 0.25) is 0 Å². The van der Waals surface area contributed by atoms with E-state index in [1.807, 2.05) is 42.6 Å². The van der Waals surface area contributed by atoms with E-state index in [9.17, 15) is 5.11 Å². The maximum Gasteiger partial charge on any atom is 0.0631 e. The minimum absolute atomic E-state index is 0.611. The Labute approximate surface area is 148 Å². The van der Waals surface area contributed by atoms with Crippen LogP contribution >= 0.6 is 0 Å². The zero-order chi connectivity index (χ0) is 18.3. The standard InChI is InChI=1S/C20H24N4O/c1-20(2,25)11-15-3-5-18(6-4-15)24-10-7-16-14-23-9-8-19(16)17(12-21)13-22/h3-10,12-14,21,24-25H,11,22H2,1-2H3/b10-7+,17-13+,21-12?. The third-order valence-corrected chi connectivity index (χ3v) is 3.60. The molecule has 1 aromatic carbocycles. The van der Waals surface area contributed by atoms with Crippen LogP contribution in [-0.2, 0) is 6.42 Å². The van der Waals surface area contributed by atoms with Gasteiger partial charge in [-0.3, -0.25) is 4.98 Å². The zero-order valence-electron chi connectivity index (χ0n) is 14.5. The molecule has 130 valence electrons. The first kappa shape index (κ1) is 18.4. The molecule has 2 aromatic rings. The van der Waals surface area contributed by atoms with Crippen molar-refractivity contribution < 1.29 is 5.11 Å². The van der Waals surface area contributed by atoms with E-state index in [2.05, 4.69) is 10.3 Å². The van der Waals surface area contributed by atoms with E-state index < -0.39 is 5.60 Å². The summed E-state index contributed by atoms with van der Waals surface area (Å²) in [6.07, 6.45) is 10.4. The third-order valence-electron chi connectivity index (χ3n) is 3.60. The van der Waals surface area contributed by atoms with Crippen LogP contribution in [0.15, 0.2) is 55.1 Å². The largest absolute Gasteiger partial charge is 0.404 e. The minimum atomic E-state index is -0.714. The molecule has 1 aromatic heterocycles. The first-order valence-corrected chi connectivity index (χ1v) is 8.04. The number of rotatable bonds is 7. The van der Waals surface area contributed by atoms with Crippen LogP contribution in [0, 0.1) is 5.41 Å². The second-order valence-corrected chi connectivity index (χ2v) is 6.39. The fraction of sp³-hybridized carbons (Fsp3) is 0.200. The Morgan fingerprint density at radius 3 is 2.60 bits per heavy atom. The van der Waals surface area contributed by atoms with Crippen molar-refractivity contribution in [1.29, 1.82) is 5.41 Å². The van der Waals surface area contributed by atoms with Gasteiger partial charge >= 0.3 is 0 Å². The molecule has 0 unspecified atom stereocenters. The number of allylic oxidation sites excluding steroid dienone is 1. The highest BCUT2D eigenvalue weighted by molar-refractivity contribution is 6.09. The van der Waals surface area contributed by atoms with Gasteiger partial charge in [-0.25, -0.2) is 0 Å². The maximum atomic E-state index is 9.86. The van der Waals surface area contributed by atoms with Crippen molar-refractivity contribution in [2.75, 3.05) is 5.32 Å². The van der Waals surface area contributed by atoms with Crippen molar-refractivity contribution in [1.82, 2.24) is 4.98 Å². The van der Waals surface area contributed by atoms with Crippen LogP contribution in [0.1, 0.15) is 30.5 Å². The van der Waals surface area contributed by atoms with E-state index in [1.54, 1.807) is 26.2 Å². The molecule has 0 radical (unpaired) electrons. The fourth-order valence-electron chi connectivity index (χ4n) is 2.46. The lowest BCUT2D eigenvalue weighted by molar-refractivity contribution is 0.0810. The third kappa shape index (κ3) is 5.58. The zero-order valence-corrected chi connectivity index (χ0v) is 14.5.